The lowest BCUT2D eigenvalue weighted by Gasteiger charge is -2.45. The number of halogens is 1. The molecular weight excluding hydrogens is 521 g/mol. The highest BCUT2D eigenvalue weighted by atomic mass is 32.2. The molecule has 5 rings (SSSR count). The summed E-state index contributed by atoms with van der Waals surface area (Å²) in [4.78, 5) is 18.6. The molecular formula is C28H36FN5O4S. The topological polar surface area (TPSA) is 109 Å². The zero-order chi connectivity index (χ0) is 27.9. The van der Waals surface area contributed by atoms with E-state index < -0.39 is 21.3 Å². The Bertz CT molecular complexity index is 1480. The quantitative estimate of drug-likeness (QED) is 0.445. The molecule has 4 heterocycles. The number of aliphatic hydroxyl groups is 1. The Morgan fingerprint density at radius 1 is 1.10 bits per heavy atom. The van der Waals surface area contributed by atoms with Gasteiger partial charge < -0.3 is 14.7 Å². The summed E-state index contributed by atoms with van der Waals surface area (Å²) < 4.78 is 44.6. The molecule has 1 aromatic carbocycles. The predicted octanol–water partition coefficient (Wildman–Crippen LogP) is 3.58. The van der Waals surface area contributed by atoms with Crippen molar-refractivity contribution in [2.75, 3.05) is 44.4 Å². The van der Waals surface area contributed by atoms with Gasteiger partial charge in [0.1, 0.15) is 5.82 Å². The molecule has 1 N–H and O–H groups in total. The molecule has 2 fully saturated rings. The van der Waals surface area contributed by atoms with Crippen molar-refractivity contribution in [3.63, 3.8) is 0 Å². The lowest BCUT2D eigenvalue weighted by Crippen LogP contribution is -2.55. The van der Waals surface area contributed by atoms with Gasteiger partial charge in [-0.3, -0.25) is 4.90 Å². The monoisotopic (exact) mass is 557 g/mol. The first-order valence-electron chi connectivity index (χ1n) is 13.3. The number of anilines is 1. The molecule has 0 radical (unpaired) electrons. The lowest BCUT2D eigenvalue weighted by atomic mass is 9.84. The van der Waals surface area contributed by atoms with Crippen LogP contribution in [0, 0.1) is 11.7 Å². The number of likely N-dealkylation sites (tertiary alicyclic amines) is 1. The second-order valence-corrected chi connectivity index (χ2v) is 13.5. The van der Waals surface area contributed by atoms with E-state index in [-0.39, 0.29) is 17.6 Å². The standard InChI is InChI=1S/C28H36FN5O4S/c1-28(2,35)21-15-33(16-21)14-19-11-22(29)12-23-24(31-27(32-25(19)23)34-8-6-5-7-9-34)18-10-20(17-39(4,36)37)26(38-3)30-13-18/h10-13,21,35H,5-9,14-17H2,1-4H3. The molecule has 39 heavy (non-hydrogen) atoms. The second-order valence-electron chi connectivity index (χ2n) is 11.4. The molecule has 11 heteroatoms. The van der Waals surface area contributed by atoms with E-state index in [9.17, 15) is 13.5 Å². The molecule has 0 saturated carbocycles. The average Bonchev–Trinajstić information content (AvgIpc) is 2.84. The van der Waals surface area contributed by atoms with Crippen LogP contribution in [-0.2, 0) is 22.1 Å². The smallest absolute Gasteiger partial charge is 0.226 e. The third-order valence-corrected chi connectivity index (χ3v) is 8.47. The average molecular weight is 558 g/mol. The number of sulfone groups is 1. The molecule has 0 atom stereocenters. The Morgan fingerprint density at radius 3 is 2.46 bits per heavy atom. The van der Waals surface area contributed by atoms with Gasteiger partial charge in [0.2, 0.25) is 11.8 Å². The largest absolute Gasteiger partial charge is 0.481 e. The molecule has 2 aliphatic heterocycles. The van der Waals surface area contributed by atoms with Crippen LogP contribution in [0.3, 0.4) is 0 Å². The van der Waals surface area contributed by atoms with Crippen LogP contribution in [0.15, 0.2) is 24.4 Å². The van der Waals surface area contributed by atoms with Crippen LogP contribution in [0.25, 0.3) is 22.2 Å². The van der Waals surface area contributed by atoms with E-state index in [1.165, 1.54) is 19.2 Å². The number of hydrogen-bond donors (Lipinski definition) is 1. The van der Waals surface area contributed by atoms with Crippen LogP contribution < -0.4 is 9.64 Å². The Morgan fingerprint density at radius 2 is 1.82 bits per heavy atom. The fourth-order valence-electron chi connectivity index (χ4n) is 5.41. The van der Waals surface area contributed by atoms with Crippen molar-refractivity contribution in [3.8, 4) is 17.1 Å². The summed E-state index contributed by atoms with van der Waals surface area (Å²) in [7, 11) is -1.91. The first kappa shape index (κ1) is 27.7. The minimum atomic E-state index is -3.36. The number of aromatic nitrogens is 3. The number of fused-ring (bicyclic) bond motifs is 1. The van der Waals surface area contributed by atoms with Crippen LogP contribution in [-0.4, -0.2) is 78.5 Å². The summed E-state index contributed by atoms with van der Waals surface area (Å²) in [5, 5.41) is 10.9. The molecule has 2 saturated heterocycles. The Labute approximate surface area is 229 Å². The van der Waals surface area contributed by atoms with Crippen molar-refractivity contribution in [2.45, 2.75) is 51.0 Å². The molecule has 0 aliphatic carbocycles. The number of hydrogen-bond acceptors (Lipinski definition) is 9. The molecule has 0 unspecified atom stereocenters. The zero-order valence-corrected chi connectivity index (χ0v) is 23.8. The highest BCUT2D eigenvalue weighted by molar-refractivity contribution is 7.89. The van der Waals surface area contributed by atoms with Gasteiger partial charge in [-0.15, -0.1) is 0 Å². The number of piperidine rings is 1. The first-order valence-corrected chi connectivity index (χ1v) is 15.4. The molecule has 0 bridgehead atoms. The summed E-state index contributed by atoms with van der Waals surface area (Å²) in [5.74, 6) is 0.319. The van der Waals surface area contributed by atoms with Crippen molar-refractivity contribution in [1.82, 2.24) is 19.9 Å². The van der Waals surface area contributed by atoms with Gasteiger partial charge in [0.25, 0.3) is 0 Å². The van der Waals surface area contributed by atoms with E-state index in [0.717, 1.165) is 57.3 Å². The Balaban J connectivity index is 1.63. The van der Waals surface area contributed by atoms with Gasteiger partial charge in [-0.1, -0.05) is 0 Å². The summed E-state index contributed by atoms with van der Waals surface area (Å²) in [6.07, 6.45) is 5.99. The normalized spacial score (nSPS) is 17.4. The maximum atomic E-state index is 15.1. The number of ether oxygens (including phenoxy) is 1. The predicted molar refractivity (Wildman–Crippen MR) is 149 cm³/mol. The molecule has 2 aromatic heterocycles. The molecule has 0 spiro atoms. The molecule has 3 aromatic rings. The third-order valence-electron chi connectivity index (χ3n) is 7.63. The molecule has 210 valence electrons. The van der Waals surface area contributed by atoms with Crippen molar-refractivity contribution in [2.24, 2.45) is 5.92 Å². The van der Waals surface area contributed by atoms with Crippen molar-refractivity contribution < 1.29 is 22.7 Å². The lowest BCUT2D eigenvalue weighted by molar-refractivity contribution is -0.0646. The van der Waals surface area contributed by atoms with E-state index in [1.54, 1.807) is 12.3 Å². The fourth-order valence-corrected chi connectivity index (χ4v) is 6.18. The Kier molecular flexibility index (Phi) is 7.51. The number of pyridine rings is 1. The van der Waals surface area contributed by atoms with Crippen molar-refractivity contribution >= 4 is 26.7 Å². The number of rotatable bonds is 8. The van der Waals surface area contributed by atoms with E-state index >= 15 is 4.39 Å². The van der Waals surface area contributed by atoms with E-state index in [4.69, 9.17) is 14.7 Å². The maximum absolute atomic E-state index is 15.1. The number of methoxy groups -OCH3 is 1. The minimum absolute atomic E-state index is 0.157. The van der Waals surface area contributed by atoms with Crippen LogP contribution in [0.5, 0.6) is 5.88 Å². The van der Waals surface area contributed by atoms with Crippen LogP contribution in [0.1, 0.15) is 44.2 Å². The van der Waals surface area contributed by atoms with Gasteiger partial charge in [0.05, 0.1) is 29.7 Å². The van der Waals surface area contributed by atoms with Crippen LogP contribution in [0.4, 0.5) is 10.3 Å². The number of benzene rings is 1. The van der Waals surface area contributed by atoms with Gasteiger partial charge >= 0.3 is 0 Å². The highest BCUT2D eigenvalue weighted by Gasteiger charge is 2.37. The minimum Gasteiger partial charge on any atom is -0.481 e. The van der Waals surface area contributed by atoms with Crippen LogP contribution in [0.2, 0.25) is 0 Å². The van der Waals surface area contributed by atoms with Gasteiger partial charge in [-0.25, -0.2) is 27.8 Å². The highest BCUT2D eigenvalue weighted by Crippen LogP contribution is 2.35. The molecule has 9 nitrogen and oxygen atoms in total. The second kappa shape index (κ2) is 10.6. The van der Waals surface area contributed by atoms with Crippen molar-refractivity contribution in [3.05, 3.63) is 41.3 Å². The van der Waals surface area contributed by atoms with Gasteiger partial charge in [-0.05, 0) is 56.9 Å². The van der Waals surface area contributed by atoms with Gasteiger partial charge in [-0.2, -0.15) is 0 Å². The first-order chi connectivity index (χ1) is 18.4. The van der Waals surface area contributed by atoms with Gasteiger partial charge in [0.15, 0.2) is 9.84 Å². The zero-order valence-electron chi connectivity index (χ0n) is 22.9. The van der Waals surface area contributed by atoms with Crippen LogP contribution >= 0.6 is 0 Å². The summed E-state index contributed by atoms with van der Waals surface area (Å²) in [6, 6.07) is 4.67. The number of nitrogens with zero attached hydrogens (tertiary/aromatic N) is 5. The van der Waals surface area contributed by atoms with E-state index in [0.29, 0.717) is 40.2 Å². The molecule has 0 amide bonds. The van der Waals surface area contributed by atoms with E-state index in [1.807, 2.05) is 13.8 Å². The Hall–Kier alpha value is -2.89. The maximum Gasteiger partial charge on any atom is 0.226 e. The SMILES string of the molecule is COc1ncc(-c2nc(N3CCCCC3)nc3c(CN4CC(C(C)(C)O)C4)cc(F)cc23)cc1CS(C)(=O)=O. The summed E-state index contributed by atoms with van der Waals surface area (Å²) in [6.45, 7) is 7.24. The summed E-state index contributed by atoms with van der Waals surface area (Å²) >= 11 is 0. The van der Waals surface area contributed by atoms with Crippen molar-refractivity contribution in [1.29, 1.82) is 0 Å². The van der Waals surface area contributed by atoms with Gasteiger partial charge in [0, 0.05) is 67.6 Å². The summed E-state index contributed by atoms with van der Waals surface area (Å²) in [5.41, 5.74) is 2.14. The van der Waals surface area contributed by atoms with E-state index in [2.05, 4.69) is 14.8 Å². The fraction of sp³-hybridized carbons (Fsp3) is 0.536. The molecule has 2 aliphatic rings. The third kappa shape index (κ3) is 6.15.